The Hall–Kier alpha value is -2.04. The molecule has 3 rings (SSSR count). The Balaban J connectivity index is 1.71. The highest BCUT2D eigenvalue weighted by Crippen LogP contribution is 2.29. The topological polar surface area (TPSA) is 67.4 Å². The van der Waals surface area contributed by atoms with Crippen LogP contribution in [-0.2, 0) is 4.79 Å². The fraction of sp³-hybridized carbons (Fsp3) is 0.500. The van der Waals surface area contributed by atoms with Crippen molar-refractivity contribution in [3.05, 3.63) is 23.8 Å². The number of carbonyl (C=O) groups is 2. The Kier molecular flexibility index (Phi) is 3.82. The molecule has 5 heteroatoms. The molecule has 1 aliphatic carbocycles. The lowest BCUT2D eigenvalue weighted by molar-refractivity contribution is -0.118. The van der Waals surface area contributed by atoms with Gasteiger partial charge in [-0.2, -0.15) is 0 Å². The molecule has 2 N–H and O–H groups in total. The molecule has 1 saturated carbocycles. The van der Waals surface area contributed by atoms with E-state index in [2.05, 4.69) is 17.6 Å². The molecule has 21 heavy (non-hydrogen) atoms. The van der Waals surface area contributed by atoms with Crippen molar-refractivity contribution >= 4 is 17.5 Å². The van der Waals surface area contributed by atoms with Gasteiger partial charge in [0.25, 0.3) is 11.8 Å². The predicted molar refractivity (Wildman–Crippen MR) is 79.5 cm³/mol. The number of fused-ring (bicyclic) bond motifs is 1. The number of hydrogen-bond donors (Lipinski definition) is 2. The third kappa shape index (κ3) is 3.01. The molecular formula is C16H20N2O3. The second kappa shape index (κ2) is 5.76. The zero-order valence-corrected chi connectivity index (χ0v) is 12.1. The number of hydrogen-bond acceptors (Lipinski definition) is 3. The van der Waals surface area contributed by atoms with Crippen LogP contribution in [0.15, 0.2) is 18.2 Å². The van der Waals surface area contributed by atoms with Gasteiger partial charge in [0.15, 0.2) is 6.61 Å². The predicted octanol–water partition coefficient (Wildman–Crippen LogP) is 2.33. The summed E-state index contributed by atoms with van der Waals surface area (Å²) in [5.41, 5.74) is 1.19. The molecule has 112 valence electrons. The fourth-order valence-electron chi connectivity index (χ4n) is 3.00. The van der Waals surface area contributed by atoms with Gasteiger partial charge in [-0.15, -0.1) is 0 Å². The van der Waals surface area contributed by atoms with Crippen LogP contribution in [0, 0.1) is 5.92 Å². The Morgan fingerprint density at radius 1 is 1.33 bits per heavy atom. The van der Waals surface area contributed by atoms with Crippen LogP contribution >= 0.6 is 0 Å². The molecule has 1 heterocycles. The molecule has 0 bridgehead atoms. The van der Waals surface area contributed by atoms with Gasteiger partial charge in [0.05, 0.1) is 5.69 Å². The van der Waals surface area contributed by atoms with E-state index in [1.807, 2.05) is 0 Å². The normalized spacial score (nSPS) is 24.5. The largest absolute Gasteiger partial charge is 0.482 e. The Bertz CT molecular complexity index is 571. The van der Waals surface area contributed by atoms with Gasteiger partial charge >= 0.3 is 0 Å². The van der Waals surface area contributed by atoms with E-state index in [1.54, 1.807) is 18.2 Å². The molecule has 1 aromatic rings. The maximum absolute atomic E-state index is 12.4. The molecule has 1 aliphatic heterocycles. The minimum Gasteiger partial charge on any atom is -0.482 e. The monoisotopic (exact) mass is 288 g/mol. The van der Waals surface area contributed by atoms with E-state index in [0.29, 0.717) is 22.9 Å². The molecule has 5 nitrogen and oxygen atoms in total. The standard InChI is InChI=1S/C16H20N2O3/c1-10-4-2-3-5-12(10)18-16(20)11-6-7-13-14(8-11)21-9-15(19)17-13/h6-8,10,12H,2-5,9H2,1H3,(H,17,19)(H,18,20)/t10-,12+/m0/s1. The maximum atomic E-state index is 12.4. The van der Waals surface area contributed by atoms with Crippen molar-refractivity contribution in [3.8, 4) is 5.75 Å². The van der Waals surface area contributed by atoms with Crippen molar-refractivity contribution in [2.45, 2.75) is 38.6 Å². The average Bonchev–Trinajstić information content (AvgIpc) is 2.49. The number of ether oxygens (including phenoxy) is 1. The van der Waals surface area contributed by atoms with Gasteiger partial charge in [-0.1, -0.05) is 19.8 Å². The second-order valence-electron chi connectivity index (χ2n) is 5.89. The smallest absolute Gasteiger partial charge is 0.262 e. The molecule has 0 radical (unpaired) electrons. The Morgan fingerprint density at radius 3 is 2.95 bits per heavy atom. The van der Waals surface area contributed by atoms with E-state index in [9.17, 15) is 9.59 Å². The van der Waals surface area contributed by atoms with Gasteiger partial charge in [0, 0.05) is 11.6 Å². The lowest BCUT2D eigenvalue weighted by Crippen LogP contribution is -2.41. The Labute approximate surface area is 124 Å². The molecule has 1 fully saturated rings. The lowest BCUT2D eigenvalue weighted by Gasteiger charge is -2.29. The molecule has 2 amide bonds. The summed E-state index contributed by atoms with van der Waals surface area (Å²) in [5, 5.41) is 5.84. The number of carbonyl (C=O) groups excluding carboxylic acids is 2. The fourth-order valence-corrected chi connectivity index (χ4v) is 3.00. The number of anilines is 1. The van der Waals surface area contributed by atoms with Crippen molar-refractivity contribution in [3.63, 3.8) is 0 Å². The number of benzene rings is 1. The average molecular weight is 288 g/mol. The third-order valence-electron chi connectivity index (χ3n) is 4.30. The molecule has 0 spiro atoms. The first-order valence-corrected chi connectivity index (χ1v) is 7.51. The summed E-state index contributed by atoms with van der Waals surface area (Å²) in [5.74, 6) is 0.836. The number of nitrogens with one attached hydrogen (secondary N) is 2. The van der Waals surface area contributed by atoms with Crippen LogP contribution in [0.3, 0.4) is 0 Å². The minimum absolute atomic E-state index is 0.00225. The SMILES string of the molecule is C[C@H]1CCCC[C@H]1NC(=O)c1ccc2c(c1)OCC(=O)N2. The van der Waals surface area contributed by atoms with Gasteiger partial charge in [-0.25, -0.2) is 0 Å². The van der Waals surface area contributed by atoms with Gasteiger partial charge in [-0.05, 0) is 37.0 Å². The molecule has 1 aromatic carbocycles. The van der Waals surface area contributed by atoms with Crippen LogP contribution in [0.2, 0.25) is 0 Å². The van der Waals surface area contributed by atoms with Gasteiger partial charge in [-0.3, -0.25) is 9.59 Å². The number of amides is 2. The quantitative estimate of drug-likeness (QED) is 0.877. The van der Waals surface area contributed by atoms with Crippen molar-refractivity contribution < 1.29 is 14.3 Å². The van der Waals surface area contributed by atoms with Crippen molar-refractivity contribution in [1.29, 1.82) is 0 Å². The first-order chi connectivity index (χ1) is 10.1. The summed E-state index contributed by atoms with van der Waals surface area (Å²) >= 11 is 0. The van der Waals surface area contributed by atoms with Crippen LogP contribution in [0.25, 0.3) is 0 Å². The van der Waals surface area contributed by atoms with E-state index < -0.39 is 0 Å². The summed E-state index contributed by atoms with van der Waals surface area (Å²) in [6.45, 7) is 2.19. The zero-order chi connectivity index (χ0) is 14.8. The highest BCUT2D eigenvalue weighted by molar-refractivity contribution is 5.99. The zero-order valence-electron chi connectivity index (χ0n) is 12.1. The molecule has 0 aromatic heterocycles. The molecule has 0 saturated heterocycles. The first-order valence-electron chi connectivity index (χ1n) is 7.51. The highest BCUT2D eigenvalue weighted by atomic mass is 16.5. The summed E-state index contributed by atoms with van der Waals surface area (Å²) in [6, 6.07) is 5.38. The van der Waals surface area contributed by atoms with E-state index >= 15 is 0 Å². The van der Waals surface area contributed by atoms with Crippen LogP contribution in [-0.4, -0.2) is 24.5 Å². The van der Waals surface area contributed by atoms with Crippen molar-refractivity contribution in [2.75, 3.05) is 11.9 Å². The van der Waals surface area contributed by atoms with Gasteiger partial charge in [0.1, 0.15) is 5.75 Å². The van der Waals surface area contributed by atoms with Gasteiger partial charge < -0.3 is 15.4 Å². The third-order valence-corrected chi connectivity index (χ3v) is 4.30. The summed E-state index contributed by atoms with van der Waals surface area (Å²) in [6.07, 6.45) is 4.64. The van der Waals surface area contributed by atoms with Crippen LogP contribution < -0.4 is 15.4 Å². The van der Waals surface area contributed by atoms with E-state index in [0.717, 1.165) is 6.42 Å². The van der Waals surface area contributed by atoms with Crippen LogP contribution in [0.5, 0.6) is 5.75 Å². The van der Waals surface area contributed by atoms with E-state index in [4.69, 9.17) is 4.74 Å². The molecule has 0 unspecified atom stereocenters. The number of rotatable bonds is 2. The minimum atomic E-state index is -0.171. The summed E-state index contributed by atoms with van der Waals surface area (Å²) in [7, 11) is 0. The van der Waals surface area contributed by atoms with E-state index in [1.165, 1.54) is 19.3 Å². The first kappa shape index (κ1) is 13.9. The van der Waals surface area contributed by atoms with Gasteiger partial charge in [0.2, 0.25) is 0 Å². The molecular weight excluding hydrogens is 268 g/mol. The maximum Gasteiger partial charge on any atom is 0.262 e. The molecule has 2 atom stereocenters. The van der Waals surface area contributed by atoms with Crippen molar-refractivity contribution in [1.82, 2.24) is 5.32 Å². The van der Waals surface area contributed by atoms with Crippen LogP contribution in [0.1, 0.15) is 43.0 Å². The summed E-state index contributed by atoms with van der Waals surface area (Å²) in [4.78, 5) is 23.6. The van der Waals surface area contributed by atoms with Crippen LogP contribution in [0.4, 0.5) is 5.69 Å². The summed E-state index contributed by atoms with van der Waals surface area (Å²) < 4.78 is 5.35. The highest BCUT2D eigenvalue weighted by Gasteiger charge is 2.24. The van der Waals surface area contributed by atoms with E-state index in [-0.39, 0.29) is 24.5 Å². The molecule has 2 aliphatic rings. The second-order valence-corrected chi connectivity index (χ2v) is 5.89. The Morgan fingerprint density at radius 2 is 2.14 bits per heavy atom. The lowest BCUT2D eigenvalue weighted by atomic mass is 9.86. The van der Waals surface area contributed by atoms with Crippen molar-refractivity contribution in [2.24, 2.45) is 5.92 Å².